The first-order chi connectivity index (χ1) is 13.2. The number of aromatic amines is 1. The number of aliphatic hydroxyl groups is 1. The summed E-state index contributed by atoms with van der Waals surface area (Å²) in [5.74, 6) is 0.992. The molecule has 0 unspecified atom stereocenters. The van der Waals surface area contributed by atoms with Gasteiger partial charge in [0.2, 0.25) is 0 Å². The van der Waals surface area contributed by atoms with Gasteiger partial charge in [-0.1, -0.05) is 18.2 Å². The first-order valence-corrected chi connectivity index (χ1v) is 9.29. The number of H-pyrrole nitrogens is 1. The number of aromatic nitrogens is 2. The highest BCUT2D eigenvalue weighted by Gasteiger charge is 2.15. The molecule has 1 aliphatic heterocycles. The van der Waals surface area contributed by atoms with Gasteiger partial charge in [0.1, 0.15) is 12.4 Å². The van der Waals surface area contributed by atoms with Crippen LogP contribution in [0.2, 0.25) is 0 Å². The van der Waals surface area contributed by atoms with Gasteiger partial charge in [-0.05, 0) is 54.2 Å². The lowest BCUT2D eigenvalue weighted by atomic mass is 10.00. The van der Waals surface area contributed by atoms with Crippen molar-refractivity contribution in [1.29, 1.82) is 0 Å². The van der Waals surface area contributed by atoms with E-state index >= 15 is 0 Å². The molecule has 6 nitrogen and oxygen atoms in total. The summed E-state index contributed by atoms with van der Waals surface area (Å²) >= 11 is 0. The molecule has 0 aliphatic carbocycles. The van der Waals surface area contributed by atoms with E-state index in [1.807, 2.05) is 42.5 Å². The van der Waals surface area contributed by atoms with Crippen LogP contribution in [0.3, 0.4) is 0 Å². The normalized spacial score (nSPS) is 15.1. The van der Waals surface area contributed by atoms with Crippen LogP contribution in [0.1, 0.15) is 29.0 Å². The smallest absolute Gasteiger partial charge is 0.251 e. The molecule has 1 amide bonds. The van der Waals surface area contributed by atoms with Gasteiger partial charge in [-0.3, -0.25) is 4.79 Å². The Labute approximate surface area is 157 Å². The number of hydrogen-bond donors (Lipinski definition) is 3. The minimum absolute atomic E-state index is 0.0477. The highest BCUT2D eigenvalue weighted by Crippen LogP contribution is 2.24. The van der Waals surface area contributed by atoms with Gasteiger partial charge >= 0.3 is 0 Å². The number of hydrogen-bond acceptors (Lipinski definition) is 4. The fourth-order valence-electron chi connectivity index (χ4n) is 3.45. The predicted octanol–water partition coefficient (Wildman–Crippen LogP) is 2.88. The summed E-state index contributed by atoms with van der Waals surface area (Å²) in [6.07, 6.45) is 2.00. The number of nitrogens with one attached hydrogen (secondary N) is 2. The first kappa shape index (κ1) is 17.7. The molecular formula is C21H23N3O3. The van der Waals surface area contributed by atoms with Crippen LogP contribution >= 0.6 is 0 Å². The van der Waals surface area contributed by atoms with Gasteiger partial charge in [0.15, 0.2) is 0 Å². The van der Waals surface area contributed by atoms with Gasteiger partial charge in [0.05, 0.1) is 11.0 Å². The lowest BCUT2D eigenvalue weighted by molar-refractivity contribution is 0.0642. The number of fused-ring (bicyclic) bond motifs is 1. The second-order valence-electron chi connectivity index (χ2n) is 6.92. The number of nitrogens with zero attached hydrogens (tertiary/aromatic N) is 1. The van der Waals surface area contributed by atoms with Crippen LogP contribution in [0.4, 0.5) is 0 Å². The van der Waals surface area contributed by atoms with Crippen LogP contribution in [0.15, 0.2) is 42.5 Å². The van der Waals surface area contributed by atoms with Gasteiger partial charge in [-0.2, -0.15) is 0 Å². The van der Waals surface area contributed by atoms with Gasteiger partial charge in [0.25, 0.3) is 5.91 Å². The zero-order valence-electron chi connectivity index (χ0n) is 15.1. The van der Waals surface area contributed by atoms with Crippen LogP contribution < -0.4 is 5.32 Å². The van der Waals surface area contributed by atoms with Crippen molar-refractivity contribution < 1.29 is 14.6 Å². The van der Waals surface area contributed by atoms with E-state index < -0.39 is 0 Å². The lowest BCUT2D eigenvalue weighted by Crippen LogP contribution is -2.32. The summed E-state index contributed by atoms with van der Waals surface area (Å²) in [5, 5.41) is 12.3. The van der Waals surface area contributed by atoms with E-state index in [0.29, 0.717) is 23.9 Å². The van der Waals surface area contributed by atoms with Gasteiger partial charge in [-0.25, -0.2) is 4.98 Å². The molecule has 3 aromatic rings. The minimum Gasteiger partial charge on any atom is -0.388 e. The SMILES string of the molecule is O=C(NCC1CCOCC1)c1cccc(-c2ccc3nc(CO)[nH]c3c2)c1. The minimum atomic E-state index is -0.118. The van der Waals surface area contributed by atoms with Crippen LogP contribution in [0.25, 0.3) is 22.2 Å². The zero-order chi connectivity index (χ0) is 18.6. The Morgan fingerprint density at radius 2 is 2.00 bits per heavy atom. The van der Waals surface area contributed by atoms with E-state index in [0.717, 1.165) is 48.2 Å². The van der Waals surface area contributed by atoms with Crippen LogP contribution in [0, 0.1) is 5.92 Å². The number of imidazole rings is 1. The first-order valence-electron chi connectivity index (χ1n) is 9.29. The van der Waals surface area contributed by atoms with Crippen molar-refractivity contribution >= 4 is 16.9 Å². The van der Waals surface area contributed by atoms with Crippen molar-refractivity contribution in [1.82, 2.24) is 15.3 Å². The van der Waals surface area contributed by atoms with E-state index in [2.05, 4.69) is 15.3 Å². The number of carbonyl (C=O) groups is 1. The number of benzene rings is 2. The molecular weight excluding hydrogens is 342 g/mol. The highest BCUT2D eigenvalue weighted by atomic mass is 16.5. The third-order valence-corrected chi connectivity index (χ3v) is 5.03. The Kier molecular flexibility index (Phi) is 5.18. The van der Waals surface area contributed by atoms with E-state index in [4.69, 9.17) is 4.74 Å². The van der Waals surface area contributed by atoms with Crippen LogP contribution in [-0.2, 0) is 11.3 Å². The molecule has 4 rings (SSSR count). The molecule has 0 radical (unpaired) electrons. The van der Waals surface area contributed by atoms with Crippen molar-refractivity contribution in [2.24, 2.45) is 5.92 Å². The fourth-order valence-corrected chi connectivity index (χ4v) is 3.45. The molecule has 2 aromatic carbocycles. The maximum absolute atomic E-state index is 12.5. The molecule has 1 fully saturated rings. The monoisotopic (exact) mass is 365 g/mol. The molecule has 0 spiro atoms. The Morgan fingerprint density at radius 3 is 2.81 bits per heavy atom. The number of ether oxygens (including phenoxy) is 1. The van der Waals surface area contributed by atoms with Crippen molar-refractivity contribution in [2.75, 3.05) is 19.8 Å². The predicted molar refractivity (Wildman–Crippen MR) is 103 cm³/mol. The molecule has 0 bridgehead atoms. The second kappa shape index (κ2) is 7.90. The molecule has 1 aliphatic rings. The largest absolute Gasteiger partial charge is 0.388 e. The standard InChI is InChI=1S/C21H23N3O3/c25-13-20-23-18-5-4-16(11-19(18)24-20)15-2-1-3-17(10-15)21(26)22-12-14-6-8-27-9-7-14/h1-5,10-11,14,25H,6-9,12-13H2,(H,22,26)(H,23,24). The highest BCUT2D eigenvalue weighted by molar-refractivity contribution is 5.95. The second-order valence-corrected chi connectivity index (χ2v) is 6.92. The Balaban J connectivity index is 1.50. The quantitative estimate of drug-likeness (QED) is 0.649. The van der Waals surface area contributed by atoms with E-state index in [1.165, 1.54) is 0 Å². The van der Waals surface area contributed by atoms with E-state index in [-0.39, 0.29) is 12.5 Å². The molecule has 0 atom stereocenters. The zero-order valence-corrected chi connectivity index (χ0v) is 15.1. The number of rotatable bonds is 5. The summed E-state index contributed by atoms with van der Waals surface area (Å²) in [4.78, 5) is 19.9. The van der Waals surface area contributed by atoms with Crippen molar-refractivity contribution in [3.8, 4) is 11.1 Å². The lowest BCUT2D eigenvalue weighted by Gasteiger charge is -2.22. The molecule has 1 aromatic heterocycles. The molecule has 1 saturated heterocycles. The molecule has 3 N–H and O–H groups in total. The number of amides is 1. The molecule has 140 valence electrons. The summed E-state index contributed by atoms with van der Waals surface area (Å²) in [6.45, 7) is 2.14. The van der Waals surface area contributed by atoms with Gasteiger partial charge < -0.3 is 20.1 Å². The molecule has 2 heterocycles. The van der Waals surface area contributed by atoms with Crippen LogP contribution in [-0.4, -0.2) is 40.7 Å². The Morgan fingerprint density at radius 1 is 1.19 bits per heavy atom. The summed E-state index contributed by atoms with van der Waals surface area (Å²) in [5.41, 5.74) is 4.30. The maximum Gasteiger partial charge on any atom is 0.251 e. The summed E-state index contributed by atoms with van der Waals surface area (Å²) in [6, 6.07) is 13.5. The summed E-state index contributed by atoms with van der Waals surface area (Å²) < 4.78 is 5.36. The maximum atomic E-state index is 12.5. The van der Waals surface area contributed by atoms with Crippen molar-refractivity contribution in [3.05, 3.63) is 53.9 Å². The molecule has 6 heteroatoms. The molecule has 27 heavy (non-hydrogen) atoms. The van der Waals surface area contributed by atoms with Gasteiger partial charge in [0, 0.05) is 25.3 Å². The fraction of sp³-hybridized carbons (Fsp3) is 0.333. The average molecular weight is 365 g/mol. The van der Waals surface area contributed by atoms with E-state index in [1.54, 1.807) is 0 Å². The Bertz CT molecular complexity index is 945. The van der Waals surface area contributed by atoms with Crippen molar-refractivity contribution in [2.45, 2.75) is 19.4 Å². The van der Waals surface area contributed by atoms with Gasteiger partial charge in [-0.15, -0.1) is 0 Å². The Hall–Kier alpha value is -2.70. The van der Waals surface area contributed by atoms with E-state index in [9.17, 15) is 9.90 Å². The summed E-state index contributed by atoms with van der Waals surface area (Å²) in [7, 11) is 0. The number of carbonyl (C=O) groups excluding carboxylic acids is 1. The topological polar surface area (TPSA) is 87.2 Å². The average Bonchev–Trinajstić information content (AvgIpc) is 3.15. The third-order valence-electron chi connectivity index (χ3n) is 5.03. The van der Waals surface area contributed by atoms with Crippen LogP contribution in [0.5, 0.6) is 0 Å². The number of aliphatic hydroxyl groups excluding tert-OH is 1. The third kappa shape index (κ3) is 4.02. The van der Waals surface area contributed by atoms with Crippen molar-refractivity contribution in [3.63, 3.8) is 0 Å². The molecule has 0 saturated carbocycles.